The van der Waals surface area contributed by atoms with Crippen LogP contribution in [0.25, 0.3) is 0 Å². The van der Waals surface area contributed by atoms with Crippen LogP contribution in [0.2, 0.25) is 0 Å². The van der Waals surface area contributed by atoms with Gasteiger partial charge in [-0.05, 0) is 31.6 Å². The van der Waals surface area contributed by atoms with Crippen molar-refractivity contribution in [1.82, 2.24) is 0 Å². The first-order valence-corrected chi connectivity index (χ1v) is 6.50. The summed E-state index contributed by atoms with van der Waals surface area (Å²) in [5.74, 6) is 0.357. The Morgan fingerprint density at radius 2 is 1.88 bits per heavy atom. The Morgan fingerprint density at radius 1 is 1.24 bits per heavy atom. The first-order chi connectivity index (χ1) is 8.17. The van der Waals surface area contributed by atoms with Crippen LogP contribution in [0, 0.1) is 11.8 Å². The molecule has 0 unspecified atom stereocenters. The molecule has 1 fully saturated rings. The second-order valence-corrected chi connectivity index (χ2v) is 4.73. The lowest BCUT2D eigenvalue weighted by atomic mass is 9.80. The molecule has 1 aliphatic rings. The Morgan fingerprint density at radius 3 is 2.41 bits per heavy atom. The number of halogens is 1. The van der Waals surface area contributed by atoms with E-state index < -0.39 is 0 Å². The molecule has 0 heterocycles. The molecule has 0 amide bonds. The summed E-state index contributed by atoms with van der Waals surface area (Å²) < 4.78 is 9.64. The van der Waals surface area contributed by atoms with Crippen molar-refractivity contribution in [1.29, 1.82) is 0 Å². The third-order valence-electron chi connectivity index (χ3n) is 3.18. The van der Waals surface area contributed by atoms with E-state index in [1.807, 2.05) is 0 Å². The van der Waals surface area contributed by atoms with E-state index in [2.05, 4.69) is 0 Å². The molecule has 5 heteroatoms. The van der Waals surface area contributed by atoms with Gasteiger partial charge in [0, 0.05) is 6.42 Å². The highest BCUT2D eigenvalue weighted by Gasteiger charge is 2.28. The van der Waals surface area contributed by atoms with E-state index in [1.165, 1.54) is 7.11 Å². The van der Waals surface area contributed by atoms with Gasteiger partial charge in [-0.15, -0.1) is 11.6 Å². The molecular formula is C12H19ClO4. The van der Waals surface area contributed by atoms with E-state index in [1.54, 1.807) is 0 Å². The maximum Gasteiger partial charge on any atom is 0.308 e. The molecule has 98 valence electrons. The van der Waals surface area contributed by atoms with E-state index in [-0.39, 0.29) is 24.5 Å². The van der Waals surface area contributed by atoms with Gasteiger partial charge < -0.3 is 9.47 Å². The number of alkyl halides is 1. The number of rotatable bonds is 5. The van der Waals surface area contributed by atoms with Crippen LogP contribution < -0.4 is 0 Å². The van der Waals surface area contributed by atoms with Crippen LogP contribution in [0.15, 0.2) is 0 Å². The van der Waals surface area contributed by atoms with Crippen LogP contribution >= 0.6 is 11.6 Å². The Bertz CT molecular complexity index is 259. The van der Waals surface area contributed by atoms with E-state index in [0.29, 0.717) is 18.2 Å². The number of esters is 2. The summed E-state index contributed by atoms with van der Waals surface area (Å²) in [6, 6.07) is 0. The highest BCUT2D eigenvalue weighted by atomic mass is 35.5. The van der Waals surface area contributed by atoms with Gasteiger partial charge in [0.1, 0.15) is 6.61 Å². The molecule has 0 aliphatic heterocycles. The lowest BCUT2D eigenvalue weighted by molar-refractivity contribution is -0.147. The van der Waals surface area contributed by atoms with E-state index in [0.717, 1.165) is 25.7 Å². The summed E-state index contributed by atoms with van der Waals surface area (Å²) in [5.41, 5.74) is 0. The molecule has 0 radical (unpaired) electrons. The van der Waals surface area contributed by atoms with Crippen molar-refractivity contribution >= 4 is 23.5 Å². The largest absolute Gasteiger partial charge is 0.469 e. The molecule has 0 spiro atoms. The van der Waals surface area contributed by atoms with Crippen LogP contribution in [0.1, 0.15) is 32.1 Å². The molecule has 0 saturated heterocycles. The van der Waals surface area contributed by atoms with E-state index in [4.69, 9.17) is 21.1 Å². The molecule has 1 saturated carbocycles. The predicted molar refractivity (Wildman–Crippen MR) is 63.8 cm³/mol. The van der Waals surface area contributed by atoms with Crippen molar-refractivity contribution in [3.63, 3.8) is 0 Å². The van der Waals surface area contributed by atoms with Gasteiger partial charge in [0.15, 0.2) is 0 Å². The first kappa shape index (κ1) is 14.3. The highest BCUT2D eigenvalue weighted by Crippen LogP contribution is 2.31. The Balaban J connectivity index is 2.23. The van der Waals surface area contributed by atoms with Crippen LogP contribution in [0.5, 0.6) is 0 Å². The zero-order chi connectivity index (χ0) is 12.7. The van der Waals surface area contributed by atoms with Crippen LogP contribution in [-0.4, -0.2) is 31.5 Å². The summed E-state index contributed by atoms with van der Waals surface area (Å²) in [7, 11) is 1.41. The van der Waals surface area contributed by atoms with Gasteiger partial charge >= 0.3 is 11.9 Å². The summed E-state index contributed by atoms with van der Waals surface area (Å²) in [4.78, 5) is 22.7. The Kier molecular flexibility index (Phi) is 6.34. The molecule has 1 aliphatic carbocycles. The molecule has 0 aromatic rings. The van der Waals surface area contributed by atoms with Gasteiger partial charge in [-0.25, -0.2) is 0 Å². The first-order valence-electron chi connectivity index (χ1n) is 5.96. The zero-order valence-electron chi connectivity index (χ0n) is 10.1. The van der Waals surface area contributed by atoms with Gasteiger partial charge in [0.2, 0.25) is 0 Å². The monoisotopic (exact) mass is 262 g/mol. The molecule has 17 heavy (non-hydrogen) atoms. The van der Waals surface area contributed by atoms with Crippen molar-refractivity contribution in [2.75, 3.05) is 19.6 Å². The van der Waals surface area contributed by atoms with Crippen molar-refractivity contribution in [2.24, 2.45) is 11.8 Å². The maximum absolute atomic E-state index is 11.4. The summed E-state index contributed by atoms with van der Waals surface area (Å²) >= 11 is 5.43. The molecule has 0 aromatic heterocycles. The maximum atomic E-state index is 11.4. The minimum absolute atomic E-state index is 0.00936. The predicted octanol–water partition coefficient (Wildman–Crippen LogP) is 2.14. The van der Waals surface area contributed by atoms with E-state index in [9.17, 15) is 9.59 Å². The lowest BCUT2D eigenvalue weighted by Crippen LogP contribution is -2.24. The fraction of sp³-hybridized carbons (Fsp3) is 0.833. The second kappa shape index (κ2) is 7.54. The fourth-order valence-corrected chi connectivity index (χ4v) is 2.29. The summed E-state index contributed by atoms with van der Waals surface area (Å²) in [6.45, 7) is 0.276. The van der Waals surface area contributed by atoms with Crippen molar-refractivity contribution < 1.29 is 19.1 Å². The molecular weight excluding hydrogens is 244 g/mol. The minimum Gasteiger partial charge on any atom is -0.469 e. The number of hydrogen-bond donors (Lipinski definition) is 0. The van der Waals surface area contributed by atoms with Gasteiger partial charge in [0.25, 0.3) is 0 Å². The highest BCUT2D eigenvalue weighted by molar-refractivity contribution is 6.18. The fourth-order valence-electron chi connectivity index (χ4n) is 2.22. The average molecular weight is 263 g/mol. The third kappa shape index (κ3) is 4.94. The number of ether oxygens (including phenoxy) is 2. The minimum atomic E-state index is -0.188. The SMILES string of the molecule is COC(=O)C1CCC(CC(=O)OCCCl)CC1. The third-order valence-corrected chi connectivity index (χ3v) is 3.33. The molecule has 0 N–H and O–H groups in total. The molecule has 0 bridgehead atoms. The van der Waals surface area contributed by atoms with Crippen LogP contribution in [-0.2, 0) is 19.1 Å². The molecule has 4 nitrogen and oxygen atoms in total. The molecule has 0 atom stereocenters. The number of carbonyl (C=O) groups is 2. The smallest absolute Gasteiger partial charge is 0.308 e. The quantitative estimate of drug-likeness (QED) is 0.563. The zero-order valence-corrected chi connectivity index (χ0v) is 10.9. The average Bonchev–Trinajstić information content (AvgIpc) is 2.36. The van der Waals surface area contributed by atoms with Crippen molar-refractivity contribution in [2.45, 2.75) is 32.1 Å². The standard InChI is InChI=1S/C12H19ClO4/c1-16-12(15)10-4-2-9(3-5-10)8-11(14)17-7-6-13/h9-10H,2-8H2,1H3. The molecule has 0 aromatic carbocycles. The molecule has 1 rings (SSSR count). The number of carbonyl (C=O) groups excluding carboxylic acids is 2. The van der Waals surface area contributed by atoms with Gasteiger partial charge in [-0.3, -0.25) is 9.59 Å². The van der Waals surface area contributed by atoms with Crippen molar-refractivity contribution in [3.8, 4) is 0 Å². The Labute approximate surface area is 107 Å². The summed E-state index contributed by atoms with van der Waals surface area (Å²) in [5, 5.41) is 0. The van der Waals surface area contributed by atoms with Crippen LogP contribution in [0.4, 0.5) is 0 Å². The Hall–Kier alpha value is -0.770. The van der Waals surface area contributed by atoms with Crippen LogP contribution in [0.3, 0.4) is 0 Å². The topological polar surface area (TPSA) is 52.6 Å². The van der Waals surface area contributed by atoms with Gasteiger partial charge in [0.05, 0.1) is 18.9 Å². The van der Waals surface area contributed by atoms with E-state index >= 15 is 0 Å². The lowest BCUT2D eigenvalue weighted by Gasteiger charge is -2.26. The number of hydrogen-bond acceptors (Lipinski definition) is 4. The van der Waals surface area contributed by atoms with Gasteiger partial charge in [-0.1, -0.05) is 0 Å². The summed E-state index contributed by atoms with van der Waals surface area (Å²) in [6.07, 6.45) is 3.82. The van der Waals surface area contributed by atoms with Crippen molar-refractivity contribution in [3.05, 3.63) is 0 Å². The second-order valence-electron chi connectivity index (χ2n) is 4.35. The normalized spacial score (nSPS) is 24.1. The van der Waals surface area contributed by atoms with Gasteiger partial charge in [-0.2, -0.15) is 0 Å². The number of methoxy groups -OCH3 is 1.